The molecule has 1 heterocycles. The number of pyridine rings is 1. The standard InChI is InChI=1S/C14H22ClN3O2S/c1-14(2)6-4-10(5-7-14)18(3)21(19,20)11-8-12(15)13(16)17-9-11/h8-10H,4-7H2,1-3H3,(H2,16,17). The molecule has 2 rings (SSSR count). The number of hydrogen-bond donors (Lipinski definition) is 1. The quantitative estimate of drug-likeness (QED) is 0.923. The van der Waals surface area contributed by atoms with Crippen LogP contribution < -0.4 is 5.73 Å². The van der Waals surface area contributed by atoms with Crippen LogP contribution in [0, 0.1) is 5.41 Å². The molecule has 0 bridgehead atoms. The number of nitrogens with two attached hydrogens (primary N) is 1. The minimum atomic E-state index is -3.58. The third kappa shape index (κ3) is 3.49. The first-order valence-corrected chi connectivity index (χ1v) is 8.84. The molecule has 0 amide bonds. The molecule has 0 atom stereocenters. The van der Waals surface area contributed by atoms with Crippen LogP contribution in [0.15, 0.2) is 17.2 Å². The third-order valence-corrected chi connectivity index (χ3v) is 6.52. The van der Waals surface area contributed by atoms with E-state index in [9.17, 15) is 8.42 Å². The van der Waals surface area contributed by atoms with Crippen LogP contribution in [0.2, 0.25) is 5.02 Å². The Balaban J connectivity index is 2.21. The van der Waals surface area contributed by atoms with Gasteiger partial charge in [0.15, 0.2) is 0 Å². The molecule has 0 radical (unpaired) electrons. The molecule has 1 aromatic rings. The first-order chi connectivity index (χ1) is 9.63. The van der Waals surface area contributed by atoms with Crippen molar-refractivity contribution < 1.29 is 8.42 Å². The fourth-order valence-corrected chi connectivity index (χ4v) is 4.30. The van der Waals surface area contributed by atoms with Crippen LogP contribution in [0.4, 0.5) is 5.82 Å². The van der Waals surface area contributed by atoms with E-state index in [0.29, 0.717) is 5.41 Å². The van der Waals surface area contributed by atoms with Gasteiger partial charge in [-0.3, -0.25) is 0 Å². The SMILES string of the molecule is CN(C1CCC(C)(C)CC1)S(=O)(=O)c1cnc(N)c(Cl)c1. The fourth-order valence-electron chi connectivity index (χ4n) is 2.68. The smallest absolute Gasteiger partial charge is 0.244 e. The number of nitrogen functional groups attached to an aromatic ring is 1. The van der Waals surface area contributed by atoms with Gasteiger partial charge in [0.2, 0.25) is 10.0 Å². The van der Waals surface area contributed by atoms with E-state index in [4.69, 9.17) is 17.3 Å². The molecule has 0 unspecified atom stereocenters. The molecular weight excluding hydrogens is 310 g/mol. The van der Waals surface area contributed by atoms with E-state index in [2.05, 4.69) is 18.8 Å². The van der Waals surface area contributed by atoms with E-state index in [0.717, 1.165) is 25.7 Å². The van der Waals surface area contributed by atoms with Gasteiger partial charge in [-0.05, 0) is 37.2 Å². The summed E-state index contributed by atoms with van der Waals surface area (Å²) in [6.45, 7) is 4.45. The number of anilines is 1. The van der Waals surface area contributed by atoms with E-state index in [-0.39, 0.29) is 21.8 Å². The summed E-state index contributed by atoms with van der Waals surface area (Å²) in [7, 11) is -1.96. The largest absolute Gasteiger partial charge is 0.382 e. The molecule has 1 aliphatic rings. The van der Waals surface area contributed by atoms with Crippen LogP contribution in [-0.4, -0.2) is 30.8 Å². The highest BCUT2D eigenvalue weighted by Crippen LogP contribution is 2.38. The Kier molecular flexibility index (Phi) is 4.52. The van der Waals surface area contributed by atoms with Gasteiger partial charge in [-0.1, -0.05) is 25.4 Å². The summed E-state index contributed by atoms with van der Waals surface area (Å²) >= 11 is 5.88. The van der Waals surface area contributed by atoms with Crippen molar-refractivity contribution in [2.24, 2.45) is 5.41 Å². The molecule has 21 heavy (non-hydrogen) atoms. The molecule has 0 saturated heterocycles. The average Bonchev–Trinajstić information content (AvgIpc) is 2.41. The number of rotatable bonds is 3. The summed E-state index contributed by atoms with van der Waals surface area (Å²) in [4.78, 5) is 3.93. The Labute approximate surface area is 131 Å². The first-order valence-electron chi connectivity index (χ1n) is 7.02. The third-order valence-electron chi connectivity index (χ3n) is 4.34. The first kappa shape index (κ1) is 16.5. The maximum Gasteiger partial charge on any atom is 0.244 e. The number of aromatic nitrogens is 1. The van der Waals surface area contributed by atoms with E-state index in [1.54, 1.807) is 7.05 Å². The van der Waals surface area contributed by atoms with Gasteiger partial charge in [0.05, 0.1) is 5.02 Å². The second kappa shape index (κ2) is 5.74. The van der Waals surface area contributed by atoms with Crippen molar-refractivity contribution in [1.82, 2.24) is 9.29 Å². The van der Waals surface area contributed by atoms with Gasteiger partial charge in [0.1, 0.15) is 10.7 Å². The Morgan fingerprint density at radius 2 is 1.95 bits per heavy atom. The van der Waals surface area contributed by atoms with E-state index < -0.39 is 10.0 Å². The predicted molar refractivity (Wildman–Crippen MR) is 84.6 cm³/mol. The van der Waals surface area contributed by atoms with Crippen molar-refractivity contribution in [3.63, 3.8) is 0 Å². The summed E-state index contributed by atoms with van der Waals surface area (Å²) in [6.07, 6.45) is 5.06. The van der Waals surface area contributed by atoms with Crippen molar-refractivity contribution in [2.45, 2.75) is 50.5 Å². The van der Waals surface area contributed by atoms with Gasteiger partial charge in [-0.25, -0.2) is 13.4 Å². The summed E-state index contributed by atoms with van der Waals surface area (Å²) in [6, 6.07) is 1.39. The second-order valence-corrected chi connectivity index (χ2v) is 8.86. The van der Waals surface area contributed by atoms with Crippen LogP contribution in [0.25, 0.3) is 0 Å². The zero-order chi connectivity index (χ0) is 15.8. The molecule has 0 aromatic carbocycles. The topological polar surface area (TPSA) is 76.3 Å². The van der Waals surface area contributed by atoms with Crippen LogP contribution in [0.1, 0.15) is 39.5 Å². The lowest BCUT2D eigenvalue weighted by atomic mass is 9.76. The molecule has 1 aromatic heterocycles. The monoisotopic (exact) mass is 331 g/mol. The van der Waals surface area contributed by atoms with Crippen LogP contribution in [0.5, 0.6) is 0 Å². The molecule has 7 heteroatoms. The van der Waals surface area contributed by atoms with Gasteiger partial charge in [0.25, 0.3) is 0 Å². The van der Waals surface area contributed by atoms with Crippen molar-refractivity contribution >= 4 is 27.4 Å². The molecule has 0 aliphatic heterocycles. The minimum Gasteiger partial charge on any atom is -0.382 e. The highest BCUT2D eigenvalue weighted by Gasteiger charge is 2.34. The average molecular weight is 332 g/mol. The normalized spacial score (nSPS) is 19.9. The maximum absolute atomic E-state index is 12.6. The van der Waals surface area contributed by atoms with Gasteiger partial charge in [-0.2, -0.15) is 4.31 Å². The van der Waals surface area contributed by atoms with Gasteiger partial charge < -0.3 is 5.73 Å². The number of hydrogen-bond acceptors (Lipinski definition) is 4. The molecule has 5 nitrogen and oxygen atoms in total. The van der Waals surface area contributed by atoms with Crippen LogP contribution >= 0.6 is 11.6 Å². The van der Waals surface area contributed by atoms with E-state index >= 15 is 0 Å². The molecule has 1 fully saturated rings. The van der Waals surface area contributed by atoms with Crippen LogP contribution in [-0.2, 0) is 10.0 Å². The Bertz CT molecular complexity index is 621. The van der Waals surface area contributed by atoms with Gasteiger partial charge >= 0.3 is 0 Å². The second-order valence-electron chi connectivity index (χ2n) is 6.45. The summed E-state index contributed by atoms with van der Waals surface area (Å²) in [5.74, 6) is 0.137. The highest BCUT2D eigenvalue weighted by atomic mass is 35.5. The molecule has 1 aliphatic carbocycles. The van der Waals surface area contributed by atoms with E-state index in [1.807, 2.05) is 0 Å². The number of halogens is 1. The molecule has 0 spiro atoms. The van der Waals surface area contributed by atoms with Crippen molar-refractivity contribution in [1.29, 1.82) is 0 Å². The molecular formula is C14H22ClN3O2S. The number of nitrogens with zero attached hydrogens (tertiary/aromatic N) is 2. The Morgan fingerprint density at radius 1 is 1.38 bits per heavy atom. The summed E-state index contributed by atoms with van der Waals surface area (Å²) in [5.41, 5.74) is 5.83. The van der Waals surface area contributed by atoms with Crippen molar-refractivity contribution in [2.75, 3.05) is 12.8 Å². The molecule has 118 valence electrons. The lowest BCUT2D eigenvalue weighted by Crippen LogP contribution is -2.40. The lowest BCUT2D eigenvalue weighted by Gasteiger charge is -2.38. The summed E-state index contributed by atoms with van der Waals surface area (Å²) in [5, 5.41) is 0.161. The zero-order valence-electron chi connectivity index (χ0n) is 12.6. The predicted octanol–water partition coefficient (Wildman–Crippen LogP) is 2.91. The lowest BCUT2D eigenvalue weighted by molar-refractivity contribution is 0.174. The van der Waals surface area contributed by atoms with Crippen molar-refractivity contribution in [3.05, 3.63) is 17.3 Å². The zero-order valence-corrected chi connectivity index (χ0v) is 14.2. The van der Waals surface area contributed by atoms with Crippen LogP contribution in [0.3, 0.4) is 0 Å². The van der Waals surface area contributed by atoms with Gasteiger partial charge in [-0.15, -0.1) is 0 Å². The minimum absolute atomic E-state index is 0.0272. The van der Waals surface area contributed by atoms with Crippen molar-refractivity contribution in [3.8, 4) is 0 Å². The number of sulfonamides is 1. The van der Waals surface area contributed by atoms with E-state index in [1.165, 1.54) is 16.6 Å². The molecule has 2 N–H and O–H groups in total. The Hall–Kier alpha value is -0.850. The maximum atomic E-state index is 12.6. The molecule has 1 saturated carbocycles. The Morgan fingerprint density at radius 3 is 2.48 bits per heavy atom. The van der Waals surface area contributed by atoms with Gasteiger partial charge in [0, 0.05) is 19.3 Å². The summed E-state index contributed by atoms with van der Waals surface area (Å²) < 4.78 is 26.7. The highest BCUT2D eigenvalue weighted by molar-refractivity contribution is 7.89. The fraction of sp³-hybridized carbons (Fsp3) is 0.643.